The molecule has 0 spiro atoms. The predicted octanol–water partition coefficient (Wildman–Crippen LogP) is 2.39. The molecule has 1 aromatic carbocycles. The van der Waals surface area contributed by atoms with E-state index in [-0.39, 0.29) is 23.0 Å². The number of hydrogen-bond acceptors (Lipinski definition) is 4. The maximum Gasteiger partial charge on any atom is 0.311 e. The third-order valence-corrected chi connectivity index (χ3v) is 4.16. The van der Waals surface area contributed by atoms with E-state index in [1.807, 2.05) is 0 Å². The summed E-state index contributed by atoms with van der Waals surface area (Å²) < 4.78 is 15.3. The summed E-state index contributed by atoms with van der Waals surface area (Å²) >= 11 is 5.72. The molecule has 1 heterocycles. The van der Waals surface area contributed by atoms with Crippen molar-refractivity contribution < 1.29 is 14.3 Å². The van der Waals surface area contributed by atoms with Crippen molar-refractivity contribution in [3.8, 4) is 11.4 Å². The molecule has 0 amide bonds. The SMILES string of the molecule is O=C(O)C1(Cn2nnnc2-c2ccc(Cl)cc2F)CCC1. The molecule has 3 rings (SSSR count). The summed E-state index contributed by atoms with van der Waals surface area (Å²) in [7, 11) is 0. The minimum absolute atomic E-state index is 0.132. The van der Waals surface area contributed by atoms with Gasteiger partial charge in [0.25, 0.3) is 0 Å². The van der Waals surface area contributed by atoms with E-state index >= 15 is 0 Å². The summed E-state index contributed by atoms with van der Waals surface area (Å²) in [6.45, 7) is 0.132. The maximum absolute atomic E-state index is 14.0. The lowest BCUT2D eigenvalue weighted by Gasteiger charge is -2.37. The fourth-order valence-electron chi connectivity index (χ4n) is 2.50. The molecule has 6 nitrogen and oxygen atoms in total. The number of aliphatic carboxylic acids is 1. The van der Waals surface area contributed by atoms with Crippen LogP contribution in [0.25, 0.3) is 11.4 Å². The quantitative estimate of drug-likeness (QED) is 0.937. The predicted molar refractivity (Wildman–Crippen MR) is 72.1 cm³/mol. The number of nitrogens with zero attached hydrogens (tertiary/aromatic N) is 4. The number of carbonyl (C=O) groups is 1. The van der Waals surface area contributed by atoms with Crippen LogP contribution in [0.1, 0.15) is 19.3 Å². The second kappa shape index (κ2) is 5.07. The van der Waals surface area contributed by atoms with Crippen LogP contribution < -0.4 is 0 Å². The van der Waals surface area contributed by atoms with Gasteiger partial charge in [-0.05, 0) is 41.5 Å². The van der Waals surface area contributed by atoms with Crippen molar-refractivity contribution in [2.24, 2.45) is 5.41 Å². The Hall–Kier alpha value is -2.02. The van der Waals surface area contributed by atoms with Gasteiger partial charge in [-0.25, -0.2) is 9.07 Å². The number of halogens is 2. The second-order valence-corrected chi connectivity index (χ2v) is 5.66. The molecule has 0 radical (unpaired) electrons. The van der Waals surface area contributed by atoms with Crippen LogP contribution >= 0.6 is 11.6 Å². The molecule has 2 aromatic rings. The monoisotopic (exact) mass is 310 g/mol. The summed E-state index contributed by atoms with van der Waals surface area (Å²) in [6.07, 6.45) is 2.01. The van der Waals surface area contributed by atoms with E-state index in [1.54, 1.807) is 0 Å². The van der Waals surface area contributed by atoms with E-state index in [0.29, 0.717) is 12.8 Å². The molecule has 110 valence electrons. The van der Waals surface area contributed by atoms with Gasteiger partial charge in [0.1, 0.15) is 5.82 Å². The van der Waals surface area contributed by atoms with Crippen LogP contribution in [-0.4, -0.2) is 31.3 Å². The average Bonchev–Trinajstić information content (AvgIpc) is 2.81. The zero-order valence-corrected chi connectivity index (χ0v) is 11.7. The molecule has 1 saturated carbocycles. The molecule has 1 aromatic heterocycles. The van der Waals surface area contributed by atoms with Gasteiger partial charge in [-0.3, -0.25) is 4.79 Å². The molecule has 1 N–H and O–H groups in total. The molecule has 0 saturated heterocycles. The van der Waals surface area contributed by atoms with Gasteiger partial charge in [0, 0.05) is 5.02 Å². The van der Waals surface area contributed by atoms with E-state index in [1.165, 1.54) is 22.9 Å². The van der Waals surface area contributed by atoms with Gasteiger partial charge >= 0.3 is 5.97 Å². The number of rotatable bonds is 4. The number of hydrogen-bond donors (Lipinski definition) is 1. The minimum atomic E-state index is -0.869. The minimum Gasteiger partial charge on any atom is -0.481 e. The van der Waals surface area contributed by atoms with Gasteiger partial charge in [-0.15, -0.1) is 5.10 Å². The van der Waals surface area contributed by atoms with Gasteiger partial charge in [-0.1, -0.05) is 18.0 Å². The molecule has 0 aliphatic heterocycles. The number of carboxylic acid groups (broad SMARTS) is 1. The fraction of sp³-hybridized carbons (Fsp3) is 0.385. The average molecular weight is 311 g/mol. The van der Waals surface area contributed by atoms with Crippen molar-refractivity contribution >= 4 is 17.6 Å². The highest BCUT2D eigenvalue weighted by atomic mass is 35.5. The highest BCUT2D eigenvalue weighted by molar-refractivity contribution is 6.30. The smallest absolute Gasteiger partial charge is 0.311 e. The first-order valence-electron chi connectivity index (χ1n) is 6.47. The van der Waals surface area contributed by atoms with Crippen molar-refractivity contribution in [2.75, 3.05) is 0 Å². The third-order valence-electron chi connectivity index (χ3n) is 3.92. The van der Waals surface area contributed by atoms with Crippen LogP contribution in [0.4, 0.5) is 4.39 Å². The third kappa shape index (κ3) is 2.37. The van der Waals surface area contributed by atoms with Crippen LogP contribution in [0.3, 0.4) is 0 Å². The van der Waals surface area contributed by atoms with Crippen molar-refractivity contribution in [3.63, 3.8) is 0 Å². The van der Waals surface area contributed by atoms with Crippen LogP contribution in [0.2, 0.25) is 5.02 Å². The summed E-state index contributed by atoms with van der Waals surface area (Å²) in [6, 6.07) is 4.19. The summed E-state index contributed by atoms with van der Waals surface area (Å²) in [4.78, 5) is 11.4. The summed E-state index contributed by atoms with van der Waals surface area (Å²) in [5.41, 5.74) is -0.656. The normalized spacial score (nSPS) is 16.5. The zero-order valence-electron chi connectivity index (χ0n) is 11.0. The second-order valence-electron chi connectivity index (χ2n) is 5.22. The van der Waals surface area contributed by atoms with E-state index in [2.05, 4.69) is 15.5 Å². The Morgan fingerprint density at radius 2 is 2.24 bits per heavy atom. The topological polar surface area (TPSA) is 80.9 Å². The number of benzene rings is 1. The summed E-state index contributed by atoms with van der Waals surface area (Å²) in [5.74, 6) is -1.21. The molecular formula is C13H12ClFN4O2. The fourth-order valence-corrected chi connectivity index (χ4v) is 2.66. The molecule has 0 bridgehead atoms. The van der Waals surface area contributed by atoms with Crippen LogP contribution in [0.5, 0.6) is 0 Å². The Morgan fingerprint density at radius 1 is 1.48 bits per heavy atom. The Labute approximate surface area is 124 Å². The van der Waals surface area contributed by atoms with Crippen LogP contribution in [0.15, 0.2) is 18.2 Å². The number of tetrazole rings is 1. The zero-order chi connectivity index (χ0) is 15.0. The molecule has 1 aliphatic rings. The Morgan fingerprint density at radius 3 is 2.81 bits per heavy atom. The molecule has 1 fully saturated rings. The van der Waals surface area contributed by atoms with Crippen molar-refractivity contribution in [2.45, 2.75) is 25.8 Å². The van der Waals surface area contributed by atoms with Crippen molar-refractivity contribution in [1.29, 1.82) is 0 Å². The van der Waals surface area contributed by atoms with E-state index in [4.69, 9.17) is 11.6 Å². The van der Waals surface area contributed by atoms with E-state index in [0.717, 1.165) is 6.42 Å². The van der Waals surface area contributed by atoms with Gasteiger partial charge in [-0.2, -0.15) is 0 Å². The lowest BCUT2D eigenvalue weighted by molar-refractivity contribution is -0.156. The van der Waals surface area contributed by atoms with Gasteiger partial charge in [0.2, 0.25) is 0 Å². The first kappa shape index (κ1) is 13.9. The maximum atomic E-state index is 14.0. The largest absolute Gasteiger partial charge is 0.481 e. The first-order valence-corrected chi connectivity index (χ1v) is 6.85. The van der Waals surface area contributed by atoms with Crippen molar-refractivity contribution in [1.82, 2.24) is 20.2 Å². The Balaban J connectivity index is 1.96. The van der Waals surface area contributed by atoms with Gasteiger partial charge in [0.15, 0.2) is 5.82 Å². The highest BCUT2D eigenvalue weighted by Gasteiger charge is 2.45. The first-order chi connectivity index (χ1) is 10.0. The highest BCUT2D eigenvalue weighted by Crippen LogP contribution is 2.43. The summed E-state index contributed by atoms with van der Waals surface area (Å²) in [5, 5.41) is 20.8. The Bertz CT molecular complexity index is 699. The van der Waals surface area contributed by atoms with Gasteiger partial charge in [0.05, 0.1) is 17.5 Å². The van der Waals surface area contributed by atoms with Crippen LogP contribution in [0, 0.1) is 11.2 Å². The molecule has 0 unspecified atom stereocenters. The number of aromatic nitrogens is 4. The van der Waals surface area contributed by atoms with Gasteiger partial charge < -0.3 is 5.11 Å². The molecule has 0 atom stereocenters. The molecule has 1 aliphatic carbocycles. The number of carboxylic acids is 1. The van der Waals surface area contributed by atoms with Crippen molar-refractivity contribution in [3.05, 3.63) is 29.0 Å². The molecule has 8 heteroatoms. The van der Waals surface area contributed by atoms with Crippen LogP contribution in [-0.2, 0) is 11.3 Å². The lowest BCUT2D eigenvalue weighted by atomic mass is 9.69. The molecule has 21 heavy (non-hydrogen) atoms. The Kier molecular flexibility index (Phi) is 3.36. The van der Waals surface area contributed by atoms with E-state index in [9.17, 15) is 14.3 Å². The van der Waals surface area contributed by atoms with E-state index < -0.39 is 17.2 Å². The molecular weight excluding hydrogens is 299 g/mol. The lowest BCUT2D eigenvalue weighted by Crippen LogP contribution is -2.42. The standard InChI is InChI=1S/C13H12ClFN4O2/c14-8-2-3-9(10(15)6-8)11-16-17-18-19(11)7-13(12(20)21)4-1-5-13/h2-3,6H,1,4-5,7H2,(H,20,21).